The van der Waals surface area contributed by atoms with Gasteiger partial charge in [0.05, 0.1) is 12.8 Å². The Morgan fingerprint density at radius 3 is 3.05 bits per heavy atom. The van der Waals surface area contributed by atoms with Crippen molar-refractivity contribution in [2.75, 3.05) is 33.3 Å². The van der Waals surface area contributed by atoms with Crippen molar-refractivity contribution in [2.24, 2.45) is 7.05 Å². The van der Waals surface area contributed by atoms with Crippen molar-refractivity contribution in [3.05, 3.63) is 18.0 Å². The van der Waals surface area contributed by atoms with E-state index >= 15 is 0 Å². The van der Waals surface area contributed by atoms with Crippen LogP contribution in [-0.4, -0.2) is 60.0 Å². The van der Waals surface area contributed by atoms with E-state index in [1.165, 1.54) is 5.56 Å². The van der Waals surface area contributed by atoms with Gasteiger partial charge in [0.1, 0.15) is 6.10 Å². The van der Waals surface area contributed by atoms with E-state index in [1.54, 1.807) is 9.58 Å². The number of nitrogens with one attached hydrogen (secondary N) is 1. The molecule has 1 saturated heterocycles. The molecule has 20 heavy (non-hydrogen) atoms. The van der Waals surface area contributed by atoms with E-state index in [2.05, 4.69) is 10.4 Å². The SMILES string of the molecule is CN(CCCc1cnn(C)c1)C(=O)C1CNCCO1.Cl. The van der Waals surface area contributed by atoms with Crippen molar-refractivity contribution in [3.8, 4) is 0 Å². The number of carbonyl (C=O) groups excluding carboxylic acids is 1. The lowest BCUT2D eigenvalue weighted by Crippen LogP contribution is -2.48. The van der Waals surface area contributed by atoms with Gasteiger partial charge in [-0.25, -0.2) is 0 Å². The van der Waals surface area contributed by atoms with Crippen LogP contribution < -0.4 is 5.32 Å². The zero-order valence-electron chi connectivity index (χ0n) is 12.0. The van der Waals surface area contributed by atoms with Gasteiger partial charge in [-0.05, 0) is 18.4 Å². The van der Waals surface area contributed by atoms with Crippen molar-refractivity contribution in [3.63, 3.8) is 0 Å². The molecule has 0 aliphatic carbocycles. The standard InChI is InChI=1S/C13H22N4O2.ClH/c1-16(13(18)12-9-14-5-7-19-12)6-3-4-11-8-15-17(2)10-11;/h8,10,12,14H,3-7,9H2,1-2H3;1H. The van der Waals surface area contributed by atoms with E-state index in [0.29, 0.717) is 13.2 Å². The van der Waals surface area contributed by atoms with Crippen LogP contribution in [0.2, 0.25) is 0 Å². The largest absolute Gasteiger partial charge is 0.366 e. The quantitative estimate of drug-likeness (QED) is 0.845. The summed E-state index contributed by atoms with van der Waals surface area (Å²) in [6.45, 7) is 2.80. The first-order chi connectivity index (χ1) is 9.16. The van der Waals surface area contributed by atoms with Crippen molar-refractivity contribution in [1.29, 1.82) is 0 Å². The highest BCUT2D eigenvalue weighted by Crippen LogP contribution is 2.05. The fraction of sp³-hybridized carbons (Fsp3) is 0.692. The maximum absolute atomic E-state index is 12.1. The molecule has 1 amide bonds. The molecule has 6 nitrogen and oxygen atoms in total. The van der Waals surface area contributed by atoms with Crippen molar-refractivity contribution < 1.29 is 9.53 Å². The van der Waals surface area contributed by atoms with E-state index < -0.39 is 0 Å². The Morgan fingerprint density at radius 2 is 2.45 bits per heavy atom. The zero-order valence-corrected chi connectivity index (χ0v) is 12.9. The minimum atomic E-state index is -0.322. The predicted octanol–water partition coefficient (Wildman–Crippen LogP) is 0.221. The molecule has 1 atom stereocenters. The lowest BCUT2D eigenvalue weighted by atomic mass is 10.2. The Morgan fingerprint density at radius 1 is 1.65 bits per heavy atom. The molecule has 1 aliphatic rings. The second kappa shape index (κ2) is 8.24. The number of hydrogen-bond donors (Lipinski definition) is 1. The van der Waals surface area contributed by atoms with Gasteiger partial charge in [-0.2, -0.15) is 5.10 Å². The van der Waals surface area contributed by atoms with Gasteiger partial charge < -0.3 is 15.0 Å². The van der Waals surface area contributed by atoms with Crippen LogP contribution in [0.3, 0.4) is 0 Å². The maximum atomic E-state index is 12.1. The molecule has 0 aromatic carbocycles. The van der Waals surface area contributed by atoms with Gasteiger partial charge in [-0.1, -0.05) is 0 Å². The van der Waals surface area contributed by atoms with E-state index in [-0.39, 0.29) is 24.4 Å². The van der Waals surface area contributed by atoms with Crippen LogP contribution in [0.4, 0.5) is 0 Å². The van der Waals surface area contributed by atoms with E-state index in [4.69, 9.17) is 4.74 Å². The molecule has 1 unspecified atom stereocenters. The number of ether oxygens (including phenoxy) is 1. The normalized spacial score (nSPS) is 18.4. The molecule has 1 N–H and O–H groups in total. The predicted molar refractivity (Wildman–Crippen MR) is 79.0 cm³/mol. The third-order valence-electron chi connectivity index (χ3n) is 3.30. The Bertz CT molecular complexity index is 418. The molecule has 1 aromatic heterocycles. The van der Waals surface area contributed by atoms with Crippen LogP contribution >= 0.6 is 12.4 Å². The number of nitrogens with zero attached hydrogens (tertiary/aromatic N) is 3. The smallest absolute Gasteiger partial charge is 0.252 e. The summed E-state index contributed by atoms with van der Waals surface area (Å²) in [6.07, 6.45) is 5.44. The van der Waals surface area contributed by atoms with Crippen LogP contribution in [0.1, 0.15) is 12.0 Å². The van der Waals surface area contributed by atoms with Gasteiger partial charge in [0.25, 0.3) is 5.91 Å². The summed E-state index contributed by atoms with van der Waals surface area (Å²) in [4.78, 5) is 13.8. The van der Waals surface area contributed by atoms with Gasteiger partial charge in [0.15, 0.2) is 0 Å². The summed E-state index contributed by atoms with van der Waals surface area (Å²) >= 11 is 0. The molecular weight excluding hydrogens is 280 g/mol. The summed E-state index contributed by atoms with van der Waals surface area (Å²) in [5, 5.41) is 7.30. The van der Waals surface area contributed by atoms with Crippen LogP contribution in [0.25, 0.3) is 0 Å². The molecule has 7 heteroatoms. The maximum Gasteiger partial charge on any atom is 0.252 e. The highest BCUT2D eigenvalue weighted by Gasteiger charge is 2.24. The second-order valence-corrected chi connectivity index (χ2v) is 4.95. The average molecular weight is 303 g/mol. The molecule has 2 rings (SSSR count). The van der Waals surface area contributed by atoms with Gasteiger partial charge in [-0.15, -0.1) is 12.4 Å². The highest BCUT2D eigenvalue weighted by atomic mass is 35.5. The minimum absolute atomic E-state index is 0. The summed E-state index contributed by atoms with van der Waals surface area (Å²) in [5.41, 5.74) is 1.21. The van der Waals surface area contributed by atoms with Crippen molar-refractivity contribution >= 4 is 18.3 Å². The number of aryl methyl sites for hydroxylation is 2. The fourth-order valence-electron chi connectivity index (χ4n) is 2.20. The molecule has 0 saturated carbocycles. The third kappa shape index (κ3) is 4.77. The average Bonchev–Trinajstić information content (AvgIpc) is 2.84. The van der Waals surface area contributed by atoms with E-state index in [9.17, 15) is 4.79 Å². The highest BCUT2D eigenvalue weighted by molar-refractivity contribution is 5.85. The van der Waals surface area contributed by atoms with Gasteiger partial charge >= 0.3 is 0 Å². The lowest BCUT2D eigenvalue weighted by Gasteiger charge is -2.27. The number of likely N-dealkylation sites (N-methyl/N-ethyl adjacent to an activating group) is 1. The first-order valence-electron chi connectivity index (χ1n) is 6.71. The number of halogens is 1. The van der Waals surface area contributed by atoms with Crippen molar-refractivity contribution in [1.82, 2.24) is 20.0 Å². The Kier molecular flexibility index (Phi) is 6.98. The zero-order chi connectivity index (χ0) is 13.7. The third-order valence-corrected chi connectivity index (χ3v) is 3.30. The Balaban J connectivity index is 0.00000200. The van der Waals surface area contributed by atoms with E-state index in [1.807, 2.05) is 26.5 Å². The molecule has 1 fully saturated rings. The number of amides is 1. The second-order valence-electron chi connectivity index (χ2n) is 4.95. The number of rotatable bonds is 5. The summed E-state index contributed by atoms with van der Waals surface area (Å²) < 4.78 is 7.26. The first-order valence-corrected chi connectivity index (χ1v) is 6.71. The van der Waals surface area contributed by atoms with Crippen LogP contribution in [0.5, 0.6) is 0 Å². The van der Waals surface area contributed by atoms with Crippen LogP contribution in [0, 0.1) is 0 Å². The summed E-state index contributed by atoms with van der Waals surface area (Å²) in [7, 11) is 3.75. The van der Waals surface area contributed by atoms with E-state index in [0.717, 1.165) is 25.9 Å². The molecule has 114 valence electrons. The first kappa shape index (κ1) is 16.9. The Labute approximate surface area is 125 Å². The topological polar surface area (TPSA) is 59.4 Å². The number of hydrogen-bond acceptors (Lipinski definition) is 4. The Hall–Kier alpha value is -1.11. The van der Waals surface area contributed by atoms with Gasteiger partial charge in [0.2, 0.25) is 0 Å². The molecular formula is C13H23ClN4O2. The lowest BCUT2D eigenvalue weighted by molar-refractivity contribution is -0.143. The molecule has 2 heterocycles. The minimum Gasteiger partial charge on any atom is -0.366 e. The number of morpholine rings is 1. The van der Waals surface area contributed by atoms with Crippen LogP contribution in [-0.2, 0) is 23.0 Å². The monoisotopic (exact) mass is 302 g/mol. The summed E-state index contributed by atoms with van der Waals surface area (Å²) in [6, 6.07) is 0. The number of carbonyl (C=O) groups is 1. The summed E-state index contributed by atoms with van der Waals surface area (Å²) in [5.74, 6) is 0.0680. The molecule has 1 aromatic rings. The molecule has 0 spiro atoms. The van der Waals surface area contributed by atoms with Crippen molar-refractivity contribution in [2.45, 2.75) is 18.9 Å². The number of aromatic nitrogens is 2. The molecule has 0 radical (unpaired) electrons. The fourth-order valence-corrected chi connectivity index (χ4v) is 2.20. The van der Waals surface area contributed by atoms with Gasteiger partial charge in [0, 0.05) is 39.9 Å². The van der Waals surface area contributed by atoms with Crippen LogP contribution in [0.15, 0.2) is 12.4 Å². The van der Waals surface area contributed by atoms with Gasteiger partial charge in [-0.3, -0.25) is 9.48 Å². The molecule has 0 bridgehead atoms. The molecule has 1 aliphatic heterocycles.